The van der Waals surface area contributed by atoms with Crippen LogP contribution in [0.4, 0.5) is 4.79 Å². The van der Waals surface area contributed by atoms with E-state index in [1.54, 1.807) is 14.0 Å². The first-order valence-electron chi connectivity index (χ1n) is 5.42. The number of nitrogens with one attached hydrogen (secondary N) is 2. The van der Waals surface area contributed by atoms with Gasteiger partial charge in [0.25, 0.3) is 0 Å². The molecule has 0 radical (unpaired) electrons. The topological polar surface area (TPSA) is 108 Å². The molecular weight excluding hydrogens is 242 g/mol. The molecule has 1 atom stereocenters. The van der Waals surface area contributed by atoms with Gasteiger partial charge >= 0.3 is 12.0 Å². The predicted octanol–water partition coefficient (Wildman–Crippen LogP) is -1.14. The van der Waals surface area contributed by atoms with Crippen LogP contribution in [0.15, 0.2) is 0 Å². The van der Waals surface area contributed by atoms with Gasteiger partial charge in [0.1, 0.15) is 0 Å². The van der Waals surface area contributed by atoms with E-state index in [1.165, 1.54) is 12.0 Å². The number of urea groups is 1. The molecule has 3 N–H and O–H groups in total. The number of nitrogens with zero attached hydrogens (tertiary/aromatic N) is 1. The van der Waals surface area contributed by atoms with Crippen LogP contribution in [0.1, 0.15) is 6.92 Å². The molecule has 0 aliphatic heterocycles. The van der Waals surface area contributed by atoms with E-state index in [0.29, 0.717) is 6.54 Å². The molecule has 1 unspecified atom stereocenters. The number of rotatable bonds is 7. The Morgan fingerprint density at radius 3 is 2.44 bits per heavy atom. The Labute approximate surface area is 105 Å². The average Bonchev–Trinajstić information content (AvgIpc) is 2.34. The number of methoxy groups -OCH3 is 1. The summed E-state index contributed by atoms with van der Waals surface area (Å²) in [5, 5.41) is 13.2. The van der Waals surface area contributed by atoms with Crippen LogP contribution in [0.2, 0.25) is 0 Å². The van der Waals surface area contributed by atoms with Gasteiger partial charge in [-0.1, -0.05) is 0 Å². The summed E-state index contributed by atoms with van der Waals surface area (Å²) < 4.78 is 4.65. The molecular formula is C10H19N3O5. The Bertz CT molecular complexity index is 308. The molecule has 0 spiro atoms. The molecule has 3 amide bonds. The van der Waals surface area contributed by atoms with Crippen molar-refractivity contribution in [2.24, 2.45) is 0 Å². The smallest absolute Gasteiger partial charge is 0.328 e. The van der Waals surface area contributed by atoms with E-state index in [9.17, 15) is 14.4 Å². The molecule has 0 aliphatic rings. The molecule has 0 aromatic heterocycles. The second-order valence-electron chi connectivity index (χ2n) is 3.58. The first-order chi connectivity index (χ1) is 8.42. The van der Waals surface area contributed by atoms with Crippen molar-refractivity contribution in [3.8, 4) is 0 Å². The van der Waals surface area contributed by atoms with Crippen LogP contribution in [-0.4, -0.2) is 67.8 Å². The van der Waals surface area contributed by atoms with Crippen LogP contribution in [-0.2, 0) is 14.3 Å². The molecule has 0 aliphatic carbocycles. The summed E-state index contributed by atoms with van der Waals surface area (Å²) in [6.07, 6.45) is 0. The Kier molecular flexibility index (Phi) is 7.45. The number of likely N-dealkylation sites (N-methyl/N-ethyl adjacent to an activating group) is 1. The fraction of sp³-hybridized carbons (Fsp3) is 0.700. The SMILES string of the molecule is CCN(C)C(=O)CNC(=O)NC(COC)C(=O)O. The van der Waals surface area contributed by atoms with Crippen molar-refractivity contribution in [1.29, 1.82) is 0 Å². The van der Waals surface area contributed by atoms with Crippen molar-refractivity contribution in [3.63, 3.8) is 0 Å². The van der Waals surface area contributed by atoms with Crippen LogP contribution in [0.3, 0.4) is 0 Å². The summed E-state index contributed by atoms with van der Waals surface area (Å²) >= 11 is 0. The molecule has 0 fully saturated rings. The molecule has 0 aromatic carbocycles. The lowest BCUT2D eigenvalue weighted by molar-refractivity contribution is -0.140. The number of amides is 3. The molecule has 8 nitrogen and oxygen atoms in total. The lowest BCUT2D eigenvalue weighted by Gasteiger charge is -2.16. The first-order valence-corrected chi connectivity index (χ1v) is 5.42. The number of carboxylic acid groups (broad SMARTS) is 1. The van der Waals surface area contributed by atoms with Gasteiger partial charge in [-0.2, -0.15) is 0 Å². The maximum Gasteiger partial charge on any atom is 0.328 e. The quantitative estimate of drug-likeness (QED) is 0.537. The second kappa shape index (κ2) is 8.29. The minimum absolute atomic E-state index is 0.147. The summed E-state index contributed by atoms with van der Waals surface area (Å²) in [4.78, 5) is 34.9. The molecule has 104 valence electrons. The summed E-state index contributed by atoms with van der Waals surface area (Å²) in [5.74, 6) is -1.46. The highest BCUT2D eigenvalue weighted by atomic mass is 16.5. The second-order valence-corrected chi connectivity index (χ2v) is 3.58. The Morgan fingerprint density at radius 1 is 1.39 bits per heavy atom. The van der Waals surface area contributed by atoms with Crippen molar-refractivity contribution < 1.29 is 24.2 Å². The molecule has 0 saturated heterocycles. The highest BCUT2D eigenvalue weighted by Gasteiger charge is 2.19. The van der Waals surface area contributed by atoms with Gasteiger partial charge in [-0.15, -0.1) is 0 Å². The Balaban J connectivity index is 4.10. The third-order valence-corrected chi connectivity index (χ3v) is 2.24. The minimum atomic E-state index is -1.20. The molecule has 0 rings (SSSR count). The van der Waals surface area contributed by atoms with Gasteiger partial charge in [0.15, 0.2) is 6.04 Å². The zero-order valence-corrected chi connectivity index (χ0v) is 10.7. The van der Waals surface area contributed by atoms with E-state index in [4.69, 9.17) is 5.11 Å². The van der Waals surface area contributed by atoms with Gasteiger partial charge in [-0.3, -0.25) is 4.79 Å². The highest BCUT2D eigenvalue weighted by molar-refractivity contribution is 5.86. The summed E-state index contributed by atoms with van der Waals surface area (Å²) in [6, 6.07) is -1.87. The number of carbonyl (C=O) groups excluding carboxylic acids is 2. The van der Waals surface area contributed by atoms with Crippen LogP contribution in [0, 0.1) is 0 Å². The van der Waals surface area contributed by atoms with Gasteiger partial charge in [-0.05, 0) is 6.92 Å². The van der Waals surface area contributed by atoms with Crippen molar-refractivity contribution in [2.75, 3.05) is 33.9 Å². The van der Waals surface area contributed by atoms with Gasteiger partial charge in [0.05, 0.1) is 13.2 Å². The van der Waals surface area contributed by atoms with Crippen molar-refractivity contribution >= 4 is 17.9 Å². The van der Waals surface area contributed by atoms with Gasteiger partial charge < -0.3 is 25.4 Å². The van der Waals surface area contributed by atoms with E-state index in [-0.39, 0.29) is 19.1 Å². The van der Waals surface area contributed by atoms with E-state index in [1.807, 2.05) is 0 Å². The fourth-order valence-electron chi connectivity index (χ4n) is 1.02. The number of aliphatic carboxylic acids is 1. The van der Waals surface area contributed by atoms with Crippen molar-refractivity contribution in [3.05, 3.63) is 0 Å². The highest BCUT2D eigenvalue weighted by Crippen LogP contribution is 1.86. The fourth-order valence-corrected chi connectivity index (χ4v) is 1.02. The maximum atomic E-state index is 11.4. The zero-order valence-electron chi connectivity index (χ0n) is 10.7. The van der Waals surface area contributed by atoms with E-state index >= 15 is 0 Å². The van der Waals surface area contributed by atoms with Crippen molar-refractivity contribution in [1.82, 2.24) is 15.5 Å². The number of carboxylic acids is 1. The summed E-state index contributed by atoms with van der Waals surface area (Å²) in [6.45, 7) is 2.00. The van der Waals surface area contributed by atoms with E-state index in [0.717, 1.165) is 0 Å². The van der Waals surface area contributed by atoms with E-state index < -0.39 is 18.0 Å². The molecule has 0 heterocycles. The average molecular weight is 261 g/mol. The molecule has 0 aromatic rings. The number of hydrogen-bond donors (Lipinski definition) is 3. The Morgan fingerprint density at radius 2 is 2.00 bits per heavy atom. The number of hydrogen-bond acceptors (Lipinski definition) is 4. The largest absolute Gasteiger partial charge is 0.480 e. The van der Waals surface area contributed by atoms with Crippen LogP contribution >= 0.6 is 0 Å². The zero-order chi connectivity index (χ0) is 14.1. The summed E-state index contributed by atoms with van der Waals surface area (Å²) in [5.41, 5.74) is 0. The molecule has 0 bridgehead atoms. The third kappa shape index (κ3) is 6.04. The minimum Gasteiger partial charge on any atom is -0.480 e. The predicted molar refractivity (Wildman–Crippen MR) is 63.1 cm³/mol. The van der Waals surface area contributed by atoms with Crippen LogP contribution in [0.25, 0.3) is 0 Å². The van der Waals surface area contributed by atoms with Gasteiger partial charge in [-0.25, -0.2) is 9.59 Å². The van der Waals surface area contributed by atoms with Crippen molar-refractivity contribution in [2.45, 2.75) is 13.0 Å². The van der Waals surface area contributed by atoms with Crippen LogP contribution < -0.4 is 10.6 Å². The number of ether oxygens (including phenoxy) is 1. The van der Waals surface area contributed by atoms with Crippen LogP contribution in [0.5, 0.6) is 0 Å². The summed E-state index contributed by atoms with van der Waals surface area (Å²) in [7, 11) is 2.93. The van der Waals surface area contributed by atoms with Gasteiger partial charge in [0, 0.05) is 20.7 Å². The van der Waals surface area contributed by atoms with E-state index in [2.05, 4.69) is 15.4 Å². The lowest BCUT2D eigenvalue weighted by atomic mass is 10.3. The maximum absolute atomic E-state index is 11.4. The molecule has 8 heteroatoms. The third-order valence-electron chi connectivity index (χ3n) is 2.24. The first kappa shape index (κ1) is 16.2. The normalized spacial score (nSPS) is 11.5. The molecule has 0 saturated carbocycles. The lowest BCUT2D eigenvalue weighted by Crippen LogP contribution is -2.50. The molecule has 18 heavy (non-hydrogen) atoms. The monoisotopic (exact) mass is 261 g/mol. The number of carbonyl (C=O) groups is 3. The van der Waals surface area contributed by atoms with Gasteiger partial charge in [0.2, 0.25) is 5.91 Å². The Hall–Kier alpha value is -1.83. The standard InChI is InChI=1S/C10H19N3O5/c1-4-13(2)8(14)5-11-10(17)12-7(6-18-3)9(15)16/h7H,4-6H2,1-3H3,(H,15,16)(H2,11,12,17).